The second-order valence-electron chi connectivity index (χ2n) is 1.61. The number of rotatable bonds is 1. The minimum atomic E-state index is -4.25. The Labute approximate surface area is 56.1 Å². The van der Waals surface area contributed by atoms with Crippen LogP contribution in [0.15, 0.2) is 4.99 Å². The molecule has 0 aromatic rings. The third kappa shape index (κ3) is 4.13. The summed E-state index contributed by atoms with van der Waals surface area (Å²) in [6.45, 7) is 0. The zero-order chi connectivity index (χ0) is 8.20. The topological polar surface area (TPSA) is 50.4 Å². The van der Waals surface area contributed by atoms with Crippen molar-refractivity contribution in [2.24, 2.45) is 10.8 Å². The number of halogens is 3. The number of aliphatic imine (C=N–C) groups is 1. The largest absolute Gasteiger partial charge is 0.396 e. The van der Waals surface area contributed by atoms with E-state index in [0.717, 1.165) is 0 Å². The molecule has 3 N–H and O–H groups in total. The fourth-order valence-electron chi connectivity index (χ4n) is 0.385. The molecule has 0 aliphatic heterocycles. The van der Waals surface area contributed by atoms with Gasteiger partial charge in [0.1, 0.15) is 12.3 Å². The maximum absolute atomic E-state index is 11.5. The highest BCUT2D eigenvalue weighted by atomic mass is 19.4. The lowest BCUT2D eigenvalue weighted by Gasteiger charge is -2.06. The van der Waals surface area contributed by atoms with E-state index < -0.39 is 12.6 Å². The van der Waals surface area contributed by atoms with E-state index in [1.165, 1.54) is 7.05 Å². The molecule has 0 fully saturated rings. The number of nitrogens with two attached hydrogens (primary N) is 1. The van der Waals surface area contributed by atoms with E-state index >= 15 is 0 Å². The molecule has 0 radical (unpaired) electrons. The Balaban J connectivity index is 3.88. The molecule has 0 saturated heterocycles. The van der Waals surface area contributed by atoms with E-state index in [9.17, 15) is 13.2 Å². The third-order valence-electron chi connectivity index (χ3n) is 0.804. The van der Waals surface area contributed by atoms with Gasteiger partial charge >= 0.3 is 6.18 Å². The summed E-state index contributed by atoms with van der Waals surface area (Å²) in [6, 6.07) is 0. The molecular weight excluding hydrogens is 147 g/mol. The zero-order valence-corrected chi connectivity index (χ0v) is 5.37. The maximum atomic E-state index is 11.5. The predicted octanol–water partition coefficient (Wildman–Crippen LogP) is 0.430. The lowest BCUT2D eigenvalue weighted by atomic mass is 10.4. The van der Waals surface area contributed by atoms with Gasteiger partial charge in [-0.1, -0.05) is 0 Å². The number of nitrogens with zero attached hydrogens (tertiary/aromatic N) is 1. The number of hydrogen-bond donors (Lipinski definition) is 2. The Hall–Kier alpha value is -0.780. The van der Waals surface area contributed by atoms with Crippen LogP contribution in [0, 0.1) is 0 Å². The summed E-state index contributed by atoms with van der Waals surface area (Å²) >= 11 is 0. The van der Waals surface area contributed by atoms with Crippen LogP contribution in [0.25, 0.3) is 0 Å². The SMILES string of the molecule is CN=C(CC(F)(F)F)NN. The zero-order valence-electron chi connectivity index (χ0n) is 5.37. The molecule has 10 heavy (non-hydrogen) atoms. The van der Waals surface area contributed by atoms with Gasteiger partial charge in [0.25, 0.3) is 0 Å². The molecule has 0 unspecified atom stereocenters. The van der Waals surface area contributed by atoms with Gasteiger partial charge in [0.05, 0.1) is 0 Å². The Bertz CT molecular complexity index is 128. The van der Waals surface area contributed by atoms with Gasteiger partial charge in [0.2, 0.25) is 0 Å². The Morgan fingerprint density at radius 1 is 1.60 bits per heavy atom. The maximum Gasteiger partial charge on any atom is 0.396 e. The van der Waals surface area contributed by atoms with Crippen molar-refractivity contribution in [3.63, 3.8) is 0 Å². The molecule has 0 aliphatic carbocycles. The van der Waals surface area contributed by atoms with Gasteiger partial charge in [-0.05, 0) is 0 Å². The van der Waals surface area contributed by atoms with E-state index in [1.807, 2.05) is 5.43 Å². The summed E-state index contributed by atoms with van der Waals surface area (Å²) in [5.74, 6) is 4.44. The molecular formula is C4H8F3N3. The van der Waals surface area contributed by atoms with Crippen molar-refractivity contribution in [3.8, 4) is 0 Å². The highest BCUT2D eigenvalue weighted by molar-refractivity contribution is 5.81. The van der Waals surface area contributed by atoms with Gasteiger partial charge in [0.15, 0.2) is 0 Å². The third-order valence-corrected chi connectivity index (χ3v) is 0.804. The molecule has 0 spiro atoms. The average molecular weight is 155 g/mol. The fraction of sp³-hybridized carbons (Fsp3) is 0.750. The molecule has 0 aromatic carbocycles. The monoisotopic (exact) mass is 155 g/mol. The first-order valence-electron chi connectivity index (χ1n) is 2.48. The van der Waals surface area contributed by atoms with Crippen molar-refractivity contribution in [2.45, 2.75) is 12.6 Å². The normalized spacial score (nSPS) is 13.5. The lowest BCUT2D eigenvalue weighted by Crippen LogP contribution is -2.33. The van der Waals surface area contributed by atoms with Crippen LogP contribution in [-0.2, 0) is 0 Å². The minimum Gasteiger partial charge on any atom is -0.312 e. The Morgan fingerprint density at radius 3 is 2.20 bits per heavy atom. The number of alkyl halides is 3. The van der Waals surface area contributed by atoms with Crippen LogP contribution in [0.2, 0.25) is 0 Å². The molecule has 0 saturated carbocycles. The van der Waals surface area contributed by atoms with Crippen molar-refractivity contribution in [2.75, 3.05) is 7.05 Å². The molecule has 0 atom stereocenters. The standard InChI is InChI=1S/C4H8F3N3/c1-9-3(10-8)2-4(5,6)7/h2,8H2,1H3,(H,9,10). The van der Waals surface area contributed by atoms with Gasteiger partial charge in [-0.2, -0.15) is 13.2 Å². The van der Waals surface area contributed by atoms with E-state index in [0.29, 0.717) is 0 Å². The van der Waals surface area contributed by atoms with Gasteiger partial charge in [0, 0.05) is 7.05 Å². The molecule has 0 amide bonds. The second kappa shape index (κ2) is 3.40. The van der Waals surface area contributed by atoms with Crippen LogP contribution in [0.5, 0.6) is 0 Å². The van der Waals surface area contributed by atoms with Crippen molar-refractivity contribution in [1.29, 1.82) is 0 Å². The average Bonchev–Trinajstić information content (AvgIpc) is 1.81. The van der Waals surface area contributed by atoms with Gasteiger partial charge in [-0.25, -0.2) is 5.84 Å². The van der Waals surface area contributed by atoms with Crippen molar-refractivity contribution < 1.29 is 13.2 Å². The molecule has 0 heterocycles. The summed E-state index contributed by atoms with van der Waals surface area (Å²) in [5.41, 5.74) is 1.84. The smallest absolute Gasteiger partial charge is 0.312 e. The number of hydrogen-bond acceptors (Lipinski definition) is 2. The summed E-state index contributed by atoms with van der Waals surface area (Å²) < 4.78 is 34.5. The first-order chi connectivity index (χ1) is 4.49. The van der Waals surface area contributed by atoms with Gasteiger partial charge < -0.3 is 5.43 Å². The molecule has 0 bridgehead atoms. The van der Waals surface area contributed by atoms with Crippen molar-refractivity contribution in [3.05, 3.63) is 0 Å². The minimum absolute atomic E-state index is 0.271. The van der Waals surface area contributed by atoms with E-state index in [2.05, 4.69) is 4.99 Å². The van der Waals surface area contributed by atoms with Crippen molar-refractivity contribution in [1.82, 2.24) is 5.43 Å². The van der Waals surface area contributed by atoms with Crippen LogP contribution in [0.3, 0.4) is 0 Å². The molecule has 60 valence electrons. The fourth-order valence-corrected chi connectivity index (χ4v) is 0.385. The summed E-state index contributed by atoms with van der Waals surface area (Å²) in [5, 5.41) is 0. The summed E-state index contributed by atoms with van der Waals surface area (Å²) in [6.07, 6.45) is -5.36. The predicted molar refractivity (Wildman–Crippen MR) is 31.4 cm³/mol. The van der Waals surface area contributed by atoms with E-state index in [1.54, 1.807) is 0 Å². The van der Waals surface area contributed by atoms with Crippen LogP contribution in [0.1, 0.15) is 6.42 Å². The second-order valence-corrected chi connectivity index (χ2v) is 1.61. The van der Waals surface area contributed by atoms with Crippen LogP contribution in [0.4, 0.5) is 13.2 Å². The lowest BCUT2D eigenvalue weighted by molar-refractivity contribution is -0.121. The molecule has 0 aliphatic rings. The summed E-state index contributed by atoms with van der Waals surface area (Å²) in [4.78, 5) is 3.25. The molecule has 0 rings (SSSR count). The highest BCUT2D eigenvalue weighted by Gasteiger charge is 2.29. The summed E-state index contributed by atoms with van der Waals surface area (Å²) in [7, 11) is 1.24. The van der Waals surface area contributed by atoms with Crippen molar-refractivity contribution >= 4 is 5.84 Å². The van der Waals surface area contributed by atoms with Crippen LogP contribution in [-0.4, -0.2) is 19.1 Å². The first-order valence-corrected chi connectivity index (χ1v) is 2.48. The molecule has 6 heteroatoms. The Morgan fingerprint density at radius 2 is 2.10 bits per heavy atom. The number of amidine groups is 1. The van der Waals surface area contributed by atoms with E-state index in [-0.39, 0.29) is 5.84 Å². The quantitative estimate of drug-likeness (QED) is 0.250. The van der Waals surface area contributed by atoms with Crippen LogP contribution >= 0.6 is 0 Å². The number of nitrogens with one attached hydrogen (secondary N) is 1. The van der Waals surface area contributed by atoms with Crippen LogP contribution < -0.4 is 11.3 Å². The number of hydrazine groups is 1. The highest BCUT2D eigenvalue weighted by Crippen LogP contribution is 2.18. The molecule has 0 aromatic heterocycles. The van der Waals surface area contributed by atoms with Gasteiger partial charge in [-0.3, -0.25) is 4.99 Å². The Kier molecular flexibility index (Phi) is 3.14. The van der Waals surface area contributed by atoms with E-state index in [4.69, 9.17) is 5.84 Å². The first kappa shape index (κ1) is 9.22. The molecule has 3 nitrogen and oxygen atoms in total. The van der Waals surface area contributed by atoms with Gasteiger partial charge in [-0.15, -0.1) is 0 Å².